The molecule has 0 saturated carbocycles. The minimum absolute atomic E-state index is 0. The van der Waals surface area contributed by atoms with Crippen LogP contribution in [0.2, 0.25) is 0 Å². The number of rotatable bonds is 11. The first-order valence-corrected chi connectivity index (χ1v) is 48.9. The molecule has 19 heteroatoms. The Morgan fingerprint density at radius 2 is 1.18 bits per heavy atom. The van der Waals surface area contributed by atoms with Crippen LogP contribution < -0.4 is 23.8 Å². The van der Waals surface area contributed by atoms with Gasteiger partial charge in [-0.05, 0) is 174 Å². The number of furan rings is 1. The molecule has 147 heavy (non-hydrogen) atoms. The summed E-state index contributed by atoms with van der Waals surface area (Å²) in [5.41, 5.74) is 30.0. The number of nitrogens with zero attached hydrogens (tertiary/aromatic N) is 12. The number of hydrogen-bond acceptors (Lipinski definition) is 12. The van der Waals surface area contributed by atoms with Gasteiger partial charge in [0.05, 0.1) is 34.0 Å². The Morgan fingerprint density at radius 3 is 1.86 bits per heavy atom. The number of hydrogen-bond donors (Lipinski definition) is 1. The van der Waals surface area contributed by atoms with Gasteiger partial charge in [0, 0.05) is 163 Å². The van der Waals surface area contributed by atoms with Crippen LogP contribution in [0, 0.1) is 30.9 Å². The molecule has 13 heterocycles. The number of ketones is 1. The molecule has 3 radical (unpaired) electrons. The largest absolute Gasteiger partial charge is 0.527 e. The van der Waals surface area contributed by atoms with E-state index in [2.05, 4.69) is 348 Å². The van der Waals surface area contributed by atoms with Crippen LogP contribution in [0.15, 0.2) is 442 Å². The number of carbonyl (C=O) groups is 1. The van der Waals surface area contributed by atoms with Crippen LogP contribution in [0.25, 0.3) is 133 Å². The van der Waals surface area contributed by atoms with Crippen molar-refractivity contribution in [2.24, 2.45) is 0 Å². The first kappa shape index (κ1) is 103. The average Bonchev–Trinajstić information content (AvgIpc) is 1.54. The second kappa shape index (κ2) is 46.6. The van der Waals surface area contributed by atoms with Gasteiger partial charge in [0.15, 0.2) is 5.78 Å². The molecule has 16 nitrogen and oxygen atoms in total. The van der Waals surface area contributed by atoms with Gasteiger partial charge >= 0.3 is 0 Å². The third-order valence-electron chi connectivity index (χ3n) is 26.1. The van der Waals surface area contributed by atoms with Crippen LogP contribution in [0.4, 0.5) is 11.4 Å². The van der Waals surface area contributed by atoms with Gasteiger partial charge in [-0.1, -0.05) is 287 Å². The molecule has 0 spiro atoms. The summed E-state index contributed by atoms with van der Waals surface area (Å²) < 4.78 is 18.8. The number of para-hydroxylation sites is 4. The number of aromatic nitrogens is 8. The van der Waals surface area contributed by atoms with E-state index in [1.54, 1.807) is 12.4 Å². The number of carbonyl (C=O) groups excluding carboxylic acids is 1. The van der Waals surface area contributed by atoms with Crippen LogP contribution in [0.1, 0.15) is 112 Å². The number of aliphatic hydroxyl groups is 1. The summed E-state index contributed by atoms with van der Waals surface area (Å²) in [7, 11) is 2.00. The second-order valence-electron chi connectivity index (χ2n) is 37.0. The van der Waals surface area contributed by atoms with Crippen molar-refractivity contribution in [3.8, 4) is 67.6 Å². The summed E-state index contributed by atoms with van der Waals surface area (Å²) in [6.07, 6.45) is 28.8. The number of pyridine rings is 3. The molecule has 14 aromatic carbocycles. The number of imidazole rings is 1. The molecule has 0 bridgehead atoms. The van der Waals surface area contributed by atoms with Gasteiger partial charge in [0.1, 0.15) is 49.0 Å². The summed E-state index contributed by atoms with van der Waals surface area (Å²) in [6.45, 7) is 24.2. The van der Waals surface area contributed by atoms with E-state index in [9.17, 15) is 4.79 Å². The monoisotopic (exact) mass is 2460 g/mol. The summed E-state index contributed by atoms with van der Waals surface area (Å²) in [4.78, 5) is 34.3. The summed E-state index contributed by atoms with van der Waals surface area (Å²) in [6, 6.07) is 127. The van der Waals surface area contributed by atoms with Crippen molar-refractivity contribution in [3.05, 3.63) is 507 Å². The summed E-state index contributed by atoms with van der Waals surface area (Å²) >= 11 is 0. The summed E-state index contributed by atoms with van der Waals surface area (Å²) in [5, 5.41) is 22.0. The number of benzene rings is 14. The van der Waals surface area contributed by atoms with Gasteiger partial charge in [-0.2, -0.15) is 29.4 Å². The van der Waals surface area contributed by atoms with Gasteiger partial charge in [-0.15, -0.1) is 88.6 Å². The van der Waals surface area contributed by atoms with E-state index in [0.717, 1.165) is 109 Å². The SMILES string of the molecule is C1=CC2=CN3c4ccccc4CC3N2C=C1.C=C1Oc2ccccc2[C-]=C1c1ccccn1.CC(=O)C=C(C)O.CC(C)c1cccc(C(C)C)c1-n1cc[n+]2c1-c1ccccc1C2.CC(C)n1nc2c3ccccc3c3cccc4c3c2[n+]1C4.CN1C=CN(c2[c-]ccc3c2oc2ccccc23)[CH-]1.[Ir].[Ir].[Ir].[c-]1ccccc1-c1cc(-c2ccccc2)c2cc(-c3ccccc3)ccc2n1.[c-]1ccccc1-c1ccccn1. The second-order valence-corrected chi connectivity index (χ2v) is 37.0. The van der Waals surface area contributed by atoms with E-state index in [4.69, 9.17) is 24.3 Å². The first-order chi connectivity index (χ1) is 70.4. The smallest absolute Gasteiger partial charge is 0.294 e. The van der Waals surface area contributed by atoms with E-state index in [0.29, 0.717) is 29.8 Å². The van der Waals surface area contributed by atoms with Gasteiger partial charge in [-0.3, -0.25) is 14.8 Å². The maximum atomic E-state index is 10.0. The Balaban J connectivity index is 0.000000117. The average molecular weight is 2460 g/mol. The minimum Gasteiger partial charge on any atom is -0.527 e. The van der Waals surface area contributed by atoms with E-state index in [1.807, 2.05) is 182 Å². The number of aliphatic hydroxyl groups excluding tert-OH is 1. The molecule has 0 aliphatic carbocycles. The predicted molar refractivity (Wildman–Crippen MR) is 583 cm³/mol. The van der Waals surface area contributed by atoms with Crippen LogP contribution in [0.3, 0.4) is 0 Å². The quantitative estimate of drug-likeness (QED) is 0.0433. The maximum absolute atomic E-state index is 10.0. The van der Waals surface area contributed by atoms with Gasteiger partial charge in [0.25, 0.3) is 11.3 Å². The zero-order valence-corrected chi connectivity index (χ0v) is 90.2. The first-order valence-electron chi connectivity index (χ1n) is 48.9. The number of fused-ring (bicyclic) bond motifs is 16. The third kappa shape index (κ3) is 22.1. The summed E-state index contributed by atoms with van der Waals surface area (Å²) in [5.74, 6) is 3.62. The zero-order valence-electron chi connectivity index (χ0n) is 83.0. The van der Waals surface area contributed by atoms with E-state index >= 15 is 0 Å². The molecule has 20 aromatic rings. The Labute approximate surface area is 899 Å². The van der Waals surface area contributed by atoms with Crippen LogP contribution in [-0.2, 0) is 84.6 Å². The van der Waals surface area contributed by atoms with Crippen molar-refractivity contribution in [1.29, 1.82) is 0 Å². The van der Waals surface area contributed by atoms with Crippen molar-refractivity contribution in [2.75, 3.05) is 16.8 Å². The molecular weight excluding hydrogens is 2350 g/mol. The van der Waals surface area contributed by atoms with Crippen molar-refractivity contribution in [1.82, 2.24) is 39.2 Å². The topological polar surface area (TPSA) is 142 Å². The van der Waals surface area contributed by atoms with Crippen LogP contribution in [0.5, 0.6) is 5.75 Å². The molecule has 0 saturated heterocycles. The number of allylic oxidation sites excluding steroid dienone is 6. The molecule has 6 aromatic heterocycles. The zero-order chi connectivity index (χ0) is 98.9. The molecule has 0 amide bonds. The molecule has 7 aliphatic heterocycles. The Bertz CT molecular complexity index is 8280. The van der Waals surface area contributed by atoms with Crippen LogP contribution in [-0.4, -0.2) is 63.3 Å². The Morgan fingerprint density at radius 1 is 0.544 bits per heavy atom. The maximum Gasteiger partial charge on any atom is 0.294 e. The third-order valence-corrected chi connectivity index (χ3v) is 26.1. The van der Waals surface area contributed by atoms with E-state index < -0.39 is 0 Å². The van der Waals surface area contributed by atoms with Crippen molar-refractivity contribution < 1.29 is 88.6 Å². The molecule has 1 unspecified atom stereocenters. The normalized spacial score (nSPS) is 13.6. The molecule has 27 rings (SSSR count). The molecule has 7 aliphatic rings. The molecular formula is C128H109Ir3N12O4-3. The molecule has 1 N–H and O–H groups in total. The Hall–Kier alpha value is -15.7. The molecule has 735 valence electrons. The minimum atomic E-state index is -0.125. The van der Waals surface area contributed by atoms with Crippen LogP contribution >= 0.6 is 0 Å². The van der Waals surface area contributed by atoms with E-state index in [1.165, 1.54) is 126 Å². The van der Waals surface area contributed by atoms with Gasteiger partial charge < -0.3 is 38.8 Å². The fourth-order valence-corrected chi connectivity index (χ4v) is 19.5. The fourth-order valence-electron chi connectivity index (χ4n) is 19.5. The number of anilines is 2. The van der Waals surface area contributed by atoms with Crippen molar-refractivity contribution >= 4 is 88.2 Å². The standard InChI is InChI=1S/C27H18N.C22H25N2.C18H16N3.C16H12N2O.C15H10NO.C14H12N2.C11H8N.C5H8O2.3Ir/c1-4-10-20(11-5-1)23-16-17-26-25(18-23)24(21-12-6-2-7-13-21)19-27(28-26)22-14-8-3-9-15-22;1-15(2)18-10-7-11-19(16(3)4)21(18)24-13-12-23-14-17-8-5-6-9-20(17)22(23)24;1-11(2)21-19-17-15-8-4-3-7-13(15)14-9-5-6-12-10-20(21)18(17)16(12)14;1-17-9-10-18(11-17)14-7-4-6-13-12-5-2-3-8-15(12)19-16(13)14;1-11-13(14-7-4-5-9-16-14)10-12-6-2-3-8-15(12)17-11;1-2-7-13-11(5-1)9-14-15-8-4-3-6-12(15)10-16(13)14;1-2-6-10(7-3-1)11-8-4-5-9-12-11;1-4(6)3-5(2)7;;;/h1-14,16-19H;5-13,15-16H,14H2,1-4H3;3-9,11H,10H2,1-2H3;2-6,8-11H,1H3;2-9H,1H2;1-8,10,14H,9H2;1-6,8-9H;3,6H,1-2H3;;;/q-1;2*+1;-2;-1;;-1;;;;. The van der Waals surface area contributed by atoms with Crippen molar-refractivity contribution in [2.45, 2.75) is 98.9 Å². The van der Waals surface area contributed by atoms with Gasteiger partial charge in [-0.25, -0.2) is 4.57 Å². The van der Waals surface area contributed by atoms with E-state index in [-0.39, 0.29) is 71.9 Å². The van der Waals surface area contributed by atoms with Gasteiger partial charge in [0.2, 0.25) is 5.52 Å². The molecule has 1 atom stereocenters. The number of ether oxygens (including phenoxy) is 1. The fraction of sp³-hybridized carbons (Fsp3) is 0.125. The molecule has 0 fully saturated rings. The Kier molecular flexibility index (Phi) is 32.6. The van der Waals surface area contributed by atoms with Crippen molar-refractivity contribution in [3.63, 3.8) is 0 Å². The predicted octanol–water partition coefficient (Wildman–Crippen LogP) is 28.8.